The second kappa shape index (κ2) is 5.80. The van der Waals surface area contributed by atoms with Crippen LogP contribution < -0.4 is 4.74 Å². The fraction of sp³-hybridized carbons (Fsp3) is 0.105. The van der Waals surface area contributed by atoms with Gasteiger partial charge in [-0.05, 0) is 48.4 Å². The minimum atomic E-state index is 0.874. The molecule has 0 unspecified atom stereocenters. The molecular weight excluding hydrogens is 258 g/mol. The molecule has 3 aromatic rings. The van der Waals surface area contributed by atoms with Crippen molar-refractivity contribution in [3.05, 3.63) is 71.4 Å². The molecule has 0 aliphatic rings. The van der Waals surface area contributed by atoms with Crippen LogP contribution in [0.15, 0.2) is 54.6 Å². The van der Waals surface area contributed by atoms with Crippen LogP contribution in [-0.4, -0.2) is 12.1 Å². The molecule has 3 rings (SSSR count). The third-order valence-electron chi connectivity index (χ3n) is 3.44. The summed E-state index contributed by atoms with van der Waals surface area (Å²) in [5, 5.41) is 1.16. The van der Waals surface area contributed by atoms with E-state index in [-0.39, 0.29) is 0 Å². The first-order valence-electron chi connectivity index (χ1n) is 6.94. The van der Waals surface area contributed by atoms with Crippen LogP contribution in [0.1, 0.15) is 16.8 Å². The lowest BCUT2D eigenvalue weighted by Gasteiger charge is -2.01. The van der Waals surface area contributed by atoms with Crippen LogP contribution in [0, 0.1) is 6.92 Å². The molecule has 2 heteroatoms. The molecule has 0 fully saturated rings. The van der Waals surface area contributed by atoms with Gasteiger partial charge in [0.15, 0.2) is 0 Å². The molecule has 0 aliphatic heterocycles. The van der Waals surface area contributed by atoms with E-state index in [1.165, 1.54) is 5.56 Å². The summed E-state index contributed by atoms with van der Waals surface area (Å²) in [6.45, 7) is 2.01. The monoisotopic (exact) mass is 275 g/mol. The van der Waals surface area contributed by atoms with Crippen LogP contribution in [-0.2, 0) is 0 Å². The Morgan fingerprint density at radius 1 is 0.857 bits per heavy atom. The summed E-state index contributed by atoms with van der Waals surface area (Å²) in [6, 6.07) is 18.5. The zero-order chi connectivity index (χ0) is 14.7. The second-order valence-corrected chi connectivity index (χ2v) is 5.01. The third-order valence-corrected chi connectivity index (χ3v) is 3.44. The summed E-state index contributed by atoms with van der Waals surface area (Å²) in [5.41, 5.74) is 4.41. The SMILES string of the molecule is COc1ccc(/C=C/c2ccc3nc(C)ccc3c2)cc1. The third kappa shape index (κ3) is 3.11. The van der Waals surface area contributed by atoms with Crippen molar-refractivity contribution in [2.75, 3.05) is 7.11 Å². The van der Waals surface area contributed by atoms with E-state index >= 15 is 0 Å². The van der Waals surface area contributed by atoms with Crippen molar-refractivity contribution in [2.24, 2.45) is 0 Å². The molecule has 0 aliphatic carbocycles. The molecule has 0 saturated carbocycles. The summed E-state index contributed by atoms with van der Waals surface area (Å²) in [5.74, 6) is 0.874. The fourth-order valence-corrected chi connectivity index (χ4v) is 2.26. The van der Waals surface area contributed by atoms with Gasteiger partial charge in [-0.1, -0.05) is 36.4 Å². The number of methoxy groups -OCH3 is 1. The lowest BCUT2D eigenvalue weighted by atomic mass is 10.1. The smallest absolute Gasteiger partial charge is 0.118 e. The van der Waals surface area contributed by atoms with Gasteiger partial charge in [0.05, 0.1) is 12.6 Å². The van der Waals surface area contributed by atoms with Gasteiger partial charge in [0.25, 0.3) is 0 Å². The molecule has 0 radical (unpaired) electrons. The predicted molar refractivity (Wildman–Crippen MR) is 88.4 cm³/mol. The van der Waals surface area contributed by atoms with Crippen LogP contribution in [0.4, 0.5) is 0 Å². The van der Waals surface area contributed by atoms with Crippen molar-refractivity contribution < 1.29 is 4.74 Å². The minimum Gasteiger partial charge on any atom is -0.497 e. The molecule has 1 heterocycles. The number of aromatic nitrogens is 1. The van der Waals surface area contributed by atoms with E-state index in [4.69, 9.17) is 4.74 Å². The van der Waals surface area contributed by atoms with Crippen LogP contribution in [0.5, 0.6) is 5.75 Å². The first-order chi connectivity index (χ1) is 10.2. The standard InChI is InChI=1S/C19H17NO/c1-14-3-9-17-13-16(8-12-19(17)20-14)5-4-15-6-10-18(21-2)11-7-15/h3-13H,1-2H3/b5-4+. The summed E-state index contributed by atoms with van der Waals surface area (Å²) in [4.78, 5) is 4.52. The maximum absolute atomic E-state index is 5.16. The number of benzene rings is 2. The molecule has 0 amide bonds. The van der Waals surface area contributed by atoms with Crippen molar-refractivity contribution in [1.82, 2.24) is 4.98 Å². The minimum absolute atomic E-state index is 0.874. The highest BCUT2D eigenvalue weighted by atomic mass is 16.5. The largest absolute Gasteiger partial charge is 0.497 e. The molecule has 2 nitrogen and oxygen atoms in total. The maximum atomic E-state index is 5.16. The summed E-state index contributed by atoms with van der Waals surface area (Å²) in [7, 11) is 1.68. The van der Waals surface area contributed by atoms with Gasteiger partial charge in [-0.25, -0.2) is 0 Å². The van der Waals surface area contributed by atoms with Gasteiger partial charge >= 0.3 is 0 Å². The van der Waals surface area contributed by atoms with E-state index in [0.29, 0.717) is 0 Å². The van der Waals surface area contributed by atoms with E-state index in [0.717, 1.165) is 27.9 Å². The number of hydrogen-bond donors (Lipinski definition) is 0. The molecule has 104 valence electrons. The van der Waals surface area contributed by atoms with Crippen LogP contribution in [0.2, 0.25) is 0 Å². The lowest BCUT2D eigenvalue weighted by Crippen LogP contribution is -1.83. The van der Waals surface area contributed by atoms with Crippen LogP contribution in [0.25, 0.3) is 23.1 Å². The zero-order valence-electron chi connectivity index (χ0n) is 12.2. The van der Waals surface area contributed by atoms with E-state index < -0.39 is 0 Å². The average molecular weight is 275 g/mol. The fourth-order valence-electron chi connectivity index (χ4n) is 2.26. The Hall–Kier alpha value is -2.61. The Labute approximate surface area is 124 Å². The molecule has 1 aromatic heterocycles. The van der Waals surface area contributed by atoms with E-state index in [2.05, 4.69) is 41.4 Å². The van der Waals surface area contributed by atoms with Crippen molar-refractivity contribution in [1.29, 1.82) is 0 Å². The highest BCUT2D eigenvalue weighted by Gasteiger charge is 1.96. The Morgan fingerprint density at radius 3 is 2.33 bits per heavy atom. The second-order valence-electron chi connectivity index (χ2n) is 5.01. The summed E-state index contributed by atoms with van der Waals surface area (Å²) < 4.78 is 5.16. The topological polar surface area (TPSA) is 22.1 Å². The molecule has 0 N–H and O–H groups in total. The Morgan fingerprint density at radius 2 is 1.57 bits per heavy atom. The number of nitrogens with zero attached hydrogens (tertiary/aromatic N) is 1. The van der Waals surface area contributed by atoms with Crippen LogP contribution in [0.3, 0.4) is 0 Å². The highest BCUT2D eigenvalue weighted by molar-refractivity contribution is 5.83. The Balaban J connectivity index is 1.86. The van der Waals surface area contributed by atoms with Gasteiger partial charge in [-0.2, -0.15) is 0 Å². The quantitative estimate of drug-likeness (QED) is 0.645. The molecule has 0 spiro atoms. The Bertz CT molecular complexity index is 788. The molecule has 0 bridgehead atoms. The van der Waals surface area contributed by atoms with Gasteiger partial charge in [0.1, 0.15) is 5.75 Å². The van der Waals surface area contributed by atoms with Gasteiger partial charge in [-0.3, -0.25) is 4.98 Å². The first kappa shape index (κ1) is 13.4. The van der Waals surface area contributed by atoms with Gasteiger partial charge in [0.2, 0.25) is 0 Å². The van der Waals surface area contributed by atoms with E-state index in [9.17, 15) is 0 Å². The molecule has 2 aromatic carbocycles. The first-order valence-corrected chi connectivity index (χ1v) is 6.94. The summed E-state index contributed by atoms with van der Waals surface area (Å²) >= 11 is 0. The Kier molecular flexibility index (Phi) is 3.69. The average Bonchev–Trinajstić information content (AvgIpc) is 2.53. The molecule has 0 atom stereocenters. The maximum Gasteiger partial charge on any atom is 0.118 e. The molecule has 21 heavy (non-hydrogen) atoms. The van der Waals surface area contributed by atoms with Crippen LogP contribution >= 0.6 is 0 Å². The number of fused-ring (bicyclic) bond motifs is 1. The molecular formula is C19H17NO. The van der Waals surface area contributed by atoms with Crippen molar-refractivity contribution >= 4 is 23.1 Å². The number of rotatable bonds is 3. The van der Waals surface area contributed by atoms with Crippen molar-refractivity contribution in [3.8, 4) is 5.75 Å². The molecule has 0 saturated heterocycles. The number of pyridine rings is 1. The van der Waals surface area contributed by atoms with Gasteiger partial charge < -0.3 is 4.74 Å². The lowest BCUT2D eigenvalue weighted by molar-refractivity contribution is 0.415. The zero-order valence-corrected chi connectivity index (χ0v) is 12.2. The van der Waals surface area contributed by atoms with Crippen molar-refractivity contribution in [2.45, 2.75) is 6.92 Å². The van der Waals surface area contributed by atoms with E-state index in [1.54, 1.807) is 7.11 Å². The predicted octanol–water partition coefficient (Wildman–Crippen LogP) is 4.72. The van der Waals surface area contributed by atoms with Crippen molar-refractivity contribution in [3.63, 3.8) is 0 Å². The highest BCUT2D eigenvalue weighted by Crippen LogP contribution is 2.18. The normalized spacial score (nSPS) is 11.1. The van der Waals surface area contributed by atoms with Gasteiger partial charge in [-0.15, -0.1) is 0 Å². The number of hydrogen-bond acceptors (Lipinski definition) is 2. The number of ether oxygens (including phenoxy) is 1. The van der Waals surface area contributed by atoms with Gasteiger partial charge in [0, 0.05) is 11.1 Å². The van der Waals surface area contributed by atoms with E-state index in [1.807, 2.05) is 37.3 Å². The number of aryl methyl sites for hydroxylation is 1. The summed E-state index contributed by atoms with van der Waals surface area (Å²) in [6.07, 6.45) is 4.21.